The first-order valence-electron chi connectivity index (χ1n) is 17.8. The van der Waals surface area contributed by atoms with E-state index < -0.39 is 0 Å². The first-order chi connectivity index (χ1) is 25.8. The number of benzene rings is 9. The smallest absolute Gasteiger partial charge is 0.136 e. The van der Waals surface area contributed by atoms with Gasteiger partial charge >= 0.3 is 0 Å². The number of anilines is 3. The number of para-hydroxylation sites is 1. The van der Waals surface area contributed by atoms with Crippen LogP contribution in [0.2, 0.25) is 0 Å². The molecule has 0 saturated carbocycles. The van der Waals surface area contributed by atoms with Gasteiger partial charge in [0.25, 0.3) is 0 Å². The van der Waals surface area contributed by atoms with Gasteiger partial charge in [0.15, 0.2) is 0 Å². The third kappa shape index (κ3) is 5.21. The molecule has 1 aromatic heterocycles. The molecule has 0 aliphatic rings. The predicted molar refractivity (Wildman–Crippen MR) is 220 cm³/mol. The Bertz CT molecular complexity index is 2790. The van der Waals surface area contributed by atoms with E-state index in [4.69, 9.17) is 4.42 Å². The maximum absolute atomic E-state index is 6.31. The van der Waals surface area contributed by atoms with Crippen molar-refractivity contribution in [2.24, 2.45) is 0 Å². The van der Waals surface area contributed by atoms with Crippen LogP contribution in [0.25, 0.3) is 76.9 Å². The lowest BCUT2D eigenvalue weighted by molar-refractivity contribution is 0.669. The van der Waals surface area contributed by atoms with Crippen molar-refractivity contribution in [3.05, 3.63) is 200 Å². The molecule has 9 aromatic carbocycles. The van der Waals surface area contributed by atoms with Crippen molar-refractivity contribution in [2.75, 3.05) is 4.90 Å². The zero-order valence-electron chi connectivity index (χ0n) is 28.4. The summed E-state index contributed by atoms with van der Waals surface area (Å²) in [6.07, 6.45) is 0. The largest absolute Gasteiger partial charge is 0.456 e. The minimum Gasteiger partial charge on any atom is -0.456 e. The highest BCUT2D eigenvalue weighted by atomic mass is 16.3. The molecule has 52 heavy (non-hydrogen) atoms. The highest BCUT2D eigenvalue weighted by molar-refractivity contribution is 6.26. The zero-order chi connectivity index (χ0) is 34.4. The Labute approximate surface area is 302 Å². The van der Waals surface area contributed by atoms with Crippen molar-refractivity contribution in [2.45, 2.75) is 0 Å². The van der Waals surface area contributed by atoms with E-state index in [1.807, 2.05) is 6.07 Å². The highest BCUT2D eigenvalue weighted by Crippen LogP contribution is 2.41. The minimum absolute atomic E-state index is 0.916. The number of nitrogens with zero attached hydrogens (tertiary/aromatic N) is 1. The normalized spacial score (nSPS) is 11.5. The van der Waals surface area contributed by atoms with Gasteiger partial charge in [-0.1, -0.05) is 146 Å². The fourth-order valence-electron chi connectivity index (χ4n) is 7.68. The molecular formula is C50H33NO. The molecule has 244 valence electrons. The molecule has 0 bridgehead atoms. The molecular weight excluding hydrogens is 631 g/mol. The number of hydrogen-bond donors (Lipinski definition) is 0. The SMILES string of the molecule is c1ccc(-c2ccc(N(c3ccc(-c4ccccc4)cc3)c3cccc(-c4ccc5ccc6ccc7oc8ccccc8c7c6c5c4)c3)cc2)cc1. The van der Waals surface area contributed by atoms with Gasteiger partial charge in [0.1, 0.15) is 11.2 Å². The molecule has 2 nitrogen and oxygen atoms in total. The Morgan fingerprint density at radius 3 is 1.50 bits per heavy atom. The van der Waals surface area contributed by atoms with Crippen molar-refractivity contribution in [3.8, 4) is 33.4 Å². The van der Waals surface area contributed by atoms with Crippen LogP contribution in [0.5, 0.6) is 0 Å². The Morgan fingerprint density at radius 1 is 0.288 bits per heavy atom. The van der Waals surface area contributed by atoms with Crippen LogP contribution < -0.4 is 4.90 Å². The van der Waals surface area contributed by atoms with E-state index in [9.17, 15) is 0 Å². The third-order valence-electron chi connectivity index (χ3n) is 10.2. The van der Waals surface area contributed by atoms with Crippen molar-refractivity contribution in [1.82, 2.24) is 0 Å². The molecule has 0 amide bonds. The maximum atomic E-state index is 6.31. The quantitative estimate of drug-likeness (QED) is 0.165. The van der Waals surface area contributed by atoms with Crippen molar-refractivity contribution in [3.63, 3.8) is 0 Å². The van der Waals surface area contributed by atoms with Crippen LogP contribution in [0.1, 0.15) is 0 Å². The average molecular weight is 664 g/mol. The molecule has 0 saturated heterocycles. The van der Waals surface area contributed by atoms with E-state index in [-0.39, 0.29) is 0 Å². The molecule has 0 aliphatic carbocycles. The lowest BCUT2D eigenvalue weighted by Gasteiger charge is -2.26. The van der Waals surface area contributed by atoms with Gasteiger partial charge in [-0.25, -0.2) is 0 Å². The van der Waals surface area contributed by atoms with Crippen molar-refractivity contribution >= 4 is 60.5 Å². The fourth-order valence-corrected chi connectivity index (χ4v) is 7.68. The van der Waals surface area contributed by atoms with Crippen LogP contribution in [-0.2, 0) is 0 Å². The maximum Gasteiger partial charge on any atom is 0.136 e. The summed E-state index contributed by atoms with van der Waals surface area (Å²) in [6.45, 7) is 0. The lowest BCUT2D eigenvalue weighted by Crippen LogP contribution is -2.10. The van der Waals surface area contributed by atoms with Gasteiger partial charge in [-0.05, 0) is 104 Å². The van der Waals surface area contributed by atoms with Crippen molar-refractivity contribution in [1.29, 1.82) is 0 Å². The van der Waals surface area contributed by atoms with E-state index >= 15 is 0 Å². The zero-order valence-corrected chi connectivity index (χ0v) is 28.4. The predicted octanol–water partition coefficient (Wildman–Crippen LogP) is 14.4. The molecule has 0 radical (unpaired) electrons. The first kappa shape index (κ1) is 30.0. The van der Waals surface area contributed by atoms with Crippen LogP contribution in [0.4, 0.5) is 17.1 Å². The highest BCUT2D eigenvalue weighted by Gasteiger charge is 2.16. The summed E-state index contributed by atoms with van der Waals surface area (Å²) in [7, 11) is 0. The fraction of sp³-hybridized carbons (Fsp3) is 0. The second kappa shape index (κ2) is 12.5. The van der Waals surface area contributed by atoms with Crippen LogP contribution in [0.15, 0.2) is 205 Å². The van der Waals surface area contributed by atoms with Gasteiger partial charge in [0.05, 0.1) is 0 Å². The number of fused-ring (bicyclic) bond motifs is 7. The molecule has 0 aliphatic heterocycles. The van der Waals surface area contributed by atoms with E-state index in [0.29, 0.717) is 0 Å². The van der Waals surface area contributed by atoms with E-state index in [1.165, 1.54) is 54.7 Å². The molecule has 10 rings (SSSR count). The van der Waals surface area contributed by atoms with Gasteiger partial charge in [0.2, 0.25) is 0 Å². The monoisotopic (exact) mass is 663 g/mol. The minimum atomic E-state index is 0.916. The summed E-state index contributed by atoms with van der Waals surface area (Å²) in [5.41, 5.74) is 12.3. The molecule has 0 unspecified atom stereocenters. The Hall–Kier alpha value is -6.90. The molecule has 10 aromatic rings. The first-order valence-corrected chi connectivity index (χ1v) is 17.8. The van der Waals surface area contributed by atoms with Crippen molar-refractivity contribution < 1.29 is 4.42 Å². The van der Waals surface area contributed by atoms with Gasteiger partial charge < -0.3 is 9.32 Å². The molecule has 0 fully saturated rings. The third-order valence-corrected chi connectivity index (χ3v) is 10.2. The van der Waals surface area contributed by atoms with Crippen LogP contribution in [0, 0.1) is 0 Å². The Kier molecular flexibility index (Phi) is 7.18. The lowest BCUT2D eigenvalue weighted by atomic mass is 9.94. The van der Waals surface area contributed by atoms with Crippen LogP contribution >= 0.6 is 0 Å². The summed E-state index contributed by atoms with van der Waals surface area (Å²) < 4.78 is 6.31. The standard InChI is InChI=1S/C50H33NO/c1-3-10-34(11-4-1)36-22-27-42(28-23-36)51(43-29-24-37(25-30-43)35-12-5-2-6-13-35)44-15-9-14-40(32-44)41-21-19-38-18-20-39-26-31-48-50(49(39)46(38)33-41)45-16-7-8-17-47(45)52-48/h1-33H. The summed E-state index contributed by atoms with van der Waals surface area (Å²) in [5, 5.41) is 7.20. The molecule has 1 heterocycles. The van der Waals surface area contributed by atoms with Crippen LogP contribution in [0.3, 0.4) is 0 Å². The second-order valence-electron chi connectivity index (χ2n) is 13.3. The Morgan fingerprint density at radius 2 is 0.808 bits per heavy atom. The topological polar surface area (TPSA) is 16.4 Å². The summed E-state index contributed by atoms with van der Waals surface area (Å²) in [6, 6.07) is 71.7. The van der Waals surface area contributed by atoms with E-state index in [0.717, 1.165) is 39.2 Å². The number of furan rings is 1. The van der Waals surface area contributed by atoms with E-state index in [2.05, 4.69) is 199 Å². The summed E-state index contributed by atoms with van der Waals surface area (Å²) >= 11 is 0. The molecule has 2 heteroatoms. The molecule has 0 N–H and O–H groups in total. The average Bonchev–Trinajstić information content (AvgIpc) is 3.61. The van der Waals surface area contributed by atoms with Crippen LogP contribution in [-0.4, -0.2) is 0 Å². The second-order valence-corrected chi connectivity index (χ2v) is 13.3. The van der Waals surface area contributed by atoms with Gasteiger partial charge in [0, 0.05) is 33.2 Å². The molecule has 0 atom stereocenters. The summed E-state index contributed by atoms with van der Waals surface area (Å²) in [5.74, 6) is 0. The van der Waals surface area contributed by atoms with Gasteiger partial charge in [-0.2, -0.15) is 0 Å². The number of rotatable bonds is 6. The number of hydrogen-bond acceptors (Lipinski definition) is 2. The van der Waals surface area contributed by atoms with Gasteiger partial charge in [-0.15, -0.1) is 0 Å². The van der Waals surface area contributed by atoms with E-state index in [1.54, 1.807) is 0 Å². The molecule has 0 spiro atoms. The Balaban J connectivity index is 1.11. The summed E-state index contributed by atoms with van der Waals surface area (Å²) in [4.78, 5) is 2.35. The van der Waals surface area contributed by atoms with Gasteiger partial charge in [-0.3, -0.25) is 0 Å².